The molecule has 3 N–H and O–H groups in total. The molecule has 160 valence electrons. The van der Waals surface area contributed by atoms with E-state index in [0.29, 0.717) is 23.4 Å². The largest absolute Gasteiger partial charge is 0.376 e. The molecule has 0 atom stereocenters. The van der Waals surface area contributed by atoms with E-state index in [-0.39, 0.29) is 24.3 Å². The first-order valence-electron chi connectivity index (χ1n) is 10.1. The van der Waals surface area contributed by atoms with E-state index in [1.54, 1.807) is 44.4 Å². The van der Waals surface area contributed by atoms with Crippen LogP contribution < -0.4 is 16.0 Å². The Kier molecular flexibility index (Phi) is 8.87. The average molecular weight is 411 g/mol. The molecule has 0 bridgehead atoms. The van der Waals surface area contributed by atoms with Crippen LogP contribution in [-0.2, 0) is 9.59 Å². The minimum Gasteiger partial charge on any atom is -0.376 e. The molecule has 0 saturated heterocycles. The predicted octanol–water partition coefficient (Wildman–Crippen LogP) is 3.96. The second-order valence-corrected chi connectivity index (χ2v) is 7.27. The summed E-state index contributed by atoms with van der Waals surface area (Å²) in [4.78, 5) is 37.8. The van der Waals surface area contributed by atoms with Crippen molar-refractivity contribution in [3.05, 3.63) is 54.1 Å². The summed E-state index contributed by atoms with van der Waals surface area (Å²) in [5.74, 6) is -0.373. The maximum absolute atomic E-state index is 12.3. The molecular weight excluding hydrogens is 380 g/mol. The lowest BCUT2D eigenvalue weighted by molar-refractivity contribution is -0.116. The molecule has 0 aliphatic rings. The molecule has 0 aromatic heterocycles. The maximum atomic E-state index is 12.3. The summed E-state index contributed by atoms with van der Waals surface area (Å²) in [6.45, 7) is 2.16. The van der Waals surface area contributed by atoms with Crippen LogP contribution in [-0.4, -0.2) is 43.3 Å². The summed E-state index contributed by atoms with van der Waals surface area (Å²) < 4.78 is 0. The number of unbranched alkanes of at least 4 members (excludes halogenated alkanes) is 2. The summed E-state index contributed by atoms with van der Waals surface area (Å²) in [5.41, 5.74) is 2.49. The average Bonchev–Trinajstić information content (AvgIpc) is 2.72. The highest BCUT2D eigenvalue weighted by molar-refractivity contribution is 5.98. The fourth-order valence-corrected chi connectivity index (χ4v) is 2.84. The molecule has 0 unspecified atom stereocenters. The van der Waals surface area contributed by atoms with Crippen molar-refractivity contribution in [1.29, 1.82) is 0 Å². The predicted molar refractivity (Wildman–Crippen MR) is 121 cm³/mol. The summed E-state index contributed by atoms with van der Waals surface area (Å²) >= 11 is 0. The van der Waals surface area contributed by atoms with Crippen molar-refractivity contribution in [2.75, 3.05) is 36.6 Å². The van der Waals surface area contributed by atoms with Gasteiger partial charge in [0.1, 0.15) is 0 Å². The number of nitrogens with one attached hydrogen (secondary N) is 3. The van der Waals surface area contributed by atoms with Crippen molar-refractivity contribution in [2.24, 2.45) is 0 Å². The van der Waals surface area contributed by atoms with E-state index in [0.717, 1.165) is 24.9 Å². The lowest BCUT2D eigenvalue weighted by atomic mass is 10.2. The highest BCUT2D eigenvalue weighted by Gasteiger charge is 2.10. The van der Waals surface area contributed by atoms with Gasteiger partial charge in [-0.1, -0.05) is 31.9 Å². The van der Waals surface area contributed by atoms with Gasteiger partial charge in [-0.3, -0.25) is 14.4 Å². The Bertz CT molecular complexity index is 880. The summed E-state index contributed by atoms with van der Waals surface area (Å²) in [7, 11) is 3.36. The van der Waals surface area contributed by atoms with Gasteiger partial charge < -0.3 is 20.9 Å². The van der Waals surface area contributed by atoms with Crippen LogP contribution in [0.3, 0.4) is 0 Å². The van der Waals surface area contributed by atoms with Crippen LogP contribution in [0.2, 0.25) is 0 Å². The monoisotopic (exact) mass is 410 g/mol. The lowest BCUT2D eigenvalue weighted by Gasteiger charge is -2.12. The first-order valence-corrected chi connectivity index (χ1v) is 10.1. The maximum Gasteiger partial charge on any atom is 0.253 e. The molecule has 30 heavy (non-hydrogen) atoms. The number of hydrogen-bond acceptors (Lipinski definition) is 4. The van der Waals surface area contributed by atoms with E-state index in [1.165, 1.54) is 4.90 Å². The third-order valence-corrected chi connectivity index (χ3v) is 4.41. The number of hydrogen-bond donors (Lipinski definition) is 3. The van der Waals surface area contributed by atoms with Gasteiger partial charge in [-0.15, -0.1) is 0 Å². The number of carbonyl (C=O) groups excluding carboxylic acids is 3. The minimum absolute atomic E-state index is 0.00880. The van der Waals surface area contributed by atoms with Gasteiger partial charge >= 0.3 is 0 Å². The van der Waals surface area contributed by atoms with Gasteiger partial charge in [0.25, 0.3) is 5.91 Å². The highest BCUT2D eigenvalue weighted by atomic mass is 16.2. The first kappa shape index (κ1) is 22.9. The molecule has 2 rings (SSSR count). The van der Waals surface area contributed by atoms with Crippen molar-refractivity contribution in [3.63, 3.8) is 0 Å². The zero-order valence-corrected chi connectivity index (χ0v) is 17.8. The van der Waals surface area contributed by atoms with Gasteiger partial charge in [0, 0.05) is 43.1 Å². The highest BCUT2D eigenvalue weighted by Crippen LogP contribution is 2.16. The van der Waals surface area contributed by atoms with Crippen LogP contribution in [0.5, 0.6) is 0 Å². The number of nitrogens with zero attached hydrogens (tertiary/aromatic N) is 1. The van der Waals surface area contributed by atoms with Crippen LogP contribution in [0.25, 0.3) is 0 Å². The molecule has 0 aliphatic carbocycles. The molecule has 0 radical (unpaired) electrons. The Hall–Kier alpha value is -3.35. The fraction of sp³-hybridized carbons (Fsp3) is 0.348. The van der Waals surface area contributed by atoms with E-state index >= 15 is 0 Å². The van der Waals surface area contributed by atoms with Crippen molar-refractivity contribution in [3.8, 4) is 0 Å². The van der Waals surface area contributed by atoms with Gasteiger partial charge in [0.2, 0.25) is 11.8 Å². The standard InChI is InChI=1S/C23H30N4O3/c1-4-5-6-13-21(28)25-20-12-8-10-18(15-20)24-16-22(29)26-19-11-7-9-17(14-19)23(30)27(2)3/h7-12,14-15,24H,4-6,13,16H2,1-3H3,(H,25,28)(H,26,29). The fourth-order valence-electron chi connectivity index (χ4n) is 2.84. The molecule has 0 saturated carbocycles. The van der Waals surface area contributed by atoms with Crippen molar-refractivity contribution >= 4 is 34.8 Å². The van der Waals surface area contributed by atoms with Gasteiger partial charge in [-0.05, 0) is 42.8 Å². The van der Waals surface area contributed by atoms with Crippen molar-refractivity contribution in [1.82, 2.24) is 4.90 Å². The first-order chi connectivity index (χ1) is 14.4. The normalized spacial score (nSPS) is 10.2. The van der Waals surface area contributed by atoms with E-state index in [2.05, 4.69) is 22.9 Å². The quantitative estimate of drug-likeness (QED) is 0.517. The van der Waals surface area contributed by atoms with Crippen LogP contribution >= 0.6 is 0 Å². The molecule has 2 aromatic rings. The van der Waals surface area contributed by atoms with Crippen LogP contribution in [0.1, 0.15) is 43.0 Å². The summed E-state index contributed by atoms with van der Waals surface area (Å²) in [6.07, 6.45) is 3.49. The Balaban J connectivity index is 1.87. The molecule has 3 amide bonds. The Labute approximate surface area is 177 Å². The van der Waals surface area contributed by atoms with E-state index in [1.807, 2.05) is 18.2 Å². The Morgan fingerprint density at radius 3 is 2.17 bits per heavy atom. The SMILES string of the molecule is CCCCCC(=O)Nc1cccc(NCC(=O)Nc2cccc(C(=O)N(C)C)c2)c1. The molecule has 7 heteroatoms. The molecule has 0 aliphatic heterocycles. The van der Waals surface area contributed by atoms with E-state index in [9.17, 15) is 14.4 Å². The van der Waals surface area contributed by atoms with Gasteiger partial charge in [-0.2, -0.15) is 0 Å². The molecule has 7 nitrogen and oxygen atoms in total. The van der Waals surface area contributed by atoms with Crippen LogP contribution in [0, 0.1) is 0 Å². The van der Waals surface area contributed by atoms with Gasteiger partial charge in [-0.25, -0.2) is 0 Å². The van der Waals surface area contributed by atoms with E-state index in [4.69, 9.17) is 0 Å². The number of carbonyl (C=O) groups is 3. The van der Waals surface area contributed by atoms with Gasteiger partial charge in [0.05, 0.1) is 6.54 Å². The second-order valence-electron chi connectivity index (χ2n) is 7.27. The molecular formula is C23H30N4O3. The summed E-state index contributed by atoms with van der Waals surface area (Å²) in [6, 6.07) is 14.1. The molecule has 0 heterocycles. The zero-order valence-electron chi connectivity index (χ0n) is 17.8. The number of rotatable bonds is 10. The smallest absolute Gasteiger partial charge is 0.253 e. The van der Waals surface area contributed by atoms with Crippen LogP contribution in [0.15, 0.2) is 48.5 Å². The topological polar surface area (TPSA) is 90.5 Å². The van der Waals surface area contributed by atoms with Crippen molar-refractivity contribution in [2.45, 2.75) is 32.6 Å². The Morgan fingerprint density at radius 1 is 0.833 bits per heavy atom. The second kappa shape index (κ2) is 11.6. The van der Waals surface area contributed by atoms with Crippen molar-refractivity contribution < 1.29 is 14.4 Å². The third-order valence-electron chi connectivity index (χ3n) is 4.41. The number of amides is 3. The number of anilines is 3. The molecule has 0 spiro atoms. The van der Waals surface area contributed by atoms with E-state index < -0.39 is 0 Å². The zero-order chi connectivity index (χ0) is 21.9. The minimum atomic E-state index is -0.238. The molecule has 2 aromatic carbocycles. The van der Waals surface area contributed by atoms with Crippen LogP contribution in [0.4, 0.5) is 17.1 Å². The Morgan fingerprint density at radius 2 is 1.47 bits per heavy atom. The third kappa shape index (κ3) is 7.58. The summed E-state index contributed by atoms with van der Waals surface area (Å²) in [5, 5.41) is 8.71. The molecule has 0 fully saturated rings. The van der Waals surface area contributed by atoms with Gasteiger partial charge in [0.15, 0.2) is 0 Å². The lowest BCUT2D eigenvalue weighted by Crippen LogP contribution is -2.23. The number of benzene rings is 2.